The fraction of sp³-hybridized carbons (Fsp3) is 0.0500. The van der Waals surface area contributed by atoms with Crippen LogP contribution in [0.5, 0.6) is 0 Å². The van der Waals surface area contributed by atoms with Gasteiger partial charge in [0.25, 0.3) is 0 Å². The quantitative estimate of drug-likeness (QED) is 0.198. The van der Waals surface area contributed by atoms with Gasteiger partial charge in [-0.2, -0.15) is 0 Å². The Hall–Kier alpha value is -5.74. The summed E-state index contributed by atoms with van der Waals surface area (Å²) in [6.45, 7) is 0. The molecule has 4 aromatic heterocycles. The minimum absolute atomic E-state index is 0.178. The van der Waals surface area contributed by atoms with E-state index in [-0.39, 0.29) is 5.92 Å². The SMILES string of the molecule is C1=CC2=C3C(=CC=C4C(c5cc6ccc7cccnc7c6cn5)=CC=C1C43)CC=C2c1ccc2ccc3cccnc3c2n1. The molecule has 0 saturated carbocycles. The normalized spacial score (nSPS) is 18.6. The van der Waals surface area contributed by atoms with E-state index in [0.29, 0.717) is 0 Å². The maximum atomic E-state index is 5.22. The van der Waals surface area contributed by atoms with Crippen molar-refractivity contribution in [3.05, 3.63) is 167 Å². The molecular formula is C40H24N4. The summed E-state index contributed by atoms with van der Waals surface area (Å²) >= 11 is 0. The number of hydrogen-bond acceptors (Lipinski definition) is 4. The lowest BCUT2D eigenvalue weighted by atomic mass is 9.65. The van der Waals surface area contributed by atoms with E-state index in [1.807, 2.05) is 30.7 Å². The molecule has 4 aliphatic carbocycles. The van der Waals surface area contributed by atoms with Gasteiger partial charge in [0.15, 0.2) is 0 Å². The van der Waals surface area contributed by atoms with Gasteiger partial charge in [-0.25, -0.2) is 4.98 Å². The highest BCUT2D eigenvalue weighted by atomic mass is 14.8. The van der Waals surface area contributed by atoms with Crippen LogP contribution in [0.3, 0.4) is 0 Å². The van der Waals surface area contributed by atoms with Crippen LogP contribution in [0.1, 0.15) is 17.8 Å². The van der Waals surface area contributed by atoms with Gasteiger partial charge in [-0.3, -0.25) is 15.0 Å². The predicted molar refractivity (Wildman–Crippen MR) is 179 cm³/mol. The zero-order valence-corrected chi connectivity index (χ0v) is 23.7. The molecule has 0 fully saturated rings. The van der Waals surface area contributed by atoms with Gasteiger partial charge < -0.3 is 0 Å². The molecule has 10 rings (SSSR count). The fourth-order valence-corrected chi connectivity index (χ4v) is 7.43. The van der Waals surface area contributed by atoms with Crippen LogP contribution in [0.2, 0.25) is 0 Å². The number of nitrogens with zero attached hydrogens (tertiary/aromatic N) is 4. The van der Waals surface area contributed by atoms with E-state index in [2.05, 4.69) is 107 Å². The van der Waals surface area contributed by atoms with E-state index in [1.165, 1.54) is 39.0 Å². The lowest BCUT2D eigenvalue weighted by Gasteiger charge is -2.38. The minimum atomic E-state index is 0.178. The maximum Gasteiger partial charge on any atom is 0.0972 e. The smallest absolute Gasteiger partial charge is 0.0972 e. The molecule has 204 valence electrons. The Balaban J connectivity index is 1.09. The molecular weight excluding hydrogens is 536 g/mol. The molecule has 0 aliphatic heterocycles. The van der Waals surface area contributed by atoms with E-state index in [4.69, 9.17) is 9.97 Å². The summed E-state index contributed by atoms with van der Waals surface area (Å²) in [7, 11) is 0. The lowest BCUT2D eigenvalue weighted by Crippen LogP contribution is -2.23. The third-order valence-electron chi connectivity index (χ3n) is 9.50. The summed E-state index contributed by atoms with van der Waals surface area (Å²) in [5.41, 5.74) is 13.9. The highest BCUT2D eigenvalue weighted by molar-refractivity contribution is 6.06. The molecule has 0 saturated heterocycles. The van der Waals surface area contributed by atoms with Gasteiger partial charge in [0.05, 0.1) is 27.9 Å². The summed E-state index contributed by atoms with van der Waals surface area (Å²) in [5.74, 6) is 0.178. The molecule has 4 heterocycles. The number of aromatic nitrogens is 4. The average Bonchev–Trinajstić information content (AvgIpc) is 3.10. The van der Waals surface area contributed by atoms with Crippen molar-refractivity contribution in [2.24, 2.45) is 5.92 Å². The molecule has 4 nitrogen and oxygen atoms in total. The first-order valence-electron chi connectivity index (χ1n) is 15.0. The zero-order chi connectivity index (χ0) is 28.8. The van der Waals surface area contributed by atoms with Crippen LogP contribution in [0.25, 0.3) is 54.6 Å². The maximum absolute atomic E-state index is 5.22. The predicted octanol–water partition coefficient (Wildman–Crippen LogP) is 9.04. The third kappa shape index (κ3) is 3.34. The lowest BCUT2D eigenvalue weighted by molar-refractivity contribution is 0.837. The Labute approximate surface area is 253 Å². The number of benzene rings is 2. The second-order valence-corrected chi connectivity index (χ2v) is 11.8. The molecule has 0 amide bonds. The van der Waals surface area contributed by atoms with Crippen LogP contribution in [-0.2, 0) is 0 Å². The van der Waals surface area contributed by atoms with Gasteiger partial charge in [-0.1, -0.05) is 85.0 Å². The van der Waals surface area contributed by atoms with Crippen molar-refractivity contribution in [1.82, 2.24) is 19.9 Å². The first-order valence-corrected chi connectivity index (χ1v) is 15.0. The highest BCUT2D eigenvalue weighted by Crippen LogP contribution is 2.52. The summed E-state index contributed by atoms with van der Waals surface area (Å²) in [5, 5.41) is 5.58. The molecule has 1 unspecified atom stereocenters. The Bertz CT molecular complexity index is 2520. The monoisotopic (exact) mass is 560 g/mol. The van der Waals surface area contributed by atoms with Crippen LogP contribution < -0.4 is 0 Å². The van der Waals surface area contributed by atoms with Crippen molar-refractivity contribution in [2.75, 3.05) is 0 Å². The van der Waals surface area contributed by atoms with Gasteiger partial charge in [-0.15, -0.1) is 0 Å². The Morgan fingerprint density at radius 2 is 1.39 bits per heavy atom. The molecule has 4 aliphatic rings. The van der Waals surface area contributed by atoms with Gasteiger partial charge in [-0.05, 0) is 63.9 Å². The van der Waals surface area contributed by atoms with Gasteiger partial charge >= 0.3 is 0 Å². The molecule has 4 heteroatoms. The zero-order valence-electron chi connectivity index (χ0n) is 23.7. The van der Waals surface area contributed by atoms with Crippen molar-refractivity contribution in [3.8, 4) is 0 Å². The summed E-state index contributed by atoms with van der Waals surface area (Å²) < 4.78 is 0. The first kappa shape index (κ1) is 23.8. The molecule has 0 bridgehead atoms. The molecule has 0 radical (unpaired) electrons. The molecule has 0 N–H and O–H groups in total. The largest absolute Gasteiger partial charge is 0.256 e. The number of rotatable bonds is 2. The van der Waals surface area contributed by atoms with Gasteiger partial charge in [0.1, 0.15) is 0 Å². The first-order chi connectivity index (χ1) is 21.8. The van der Waals surface area contributed by atoms with Crippen molar-refractivity contribution >= 4 is 54.6 Å². The van der Waals surface area contributed by atoms with E-state index < -0.39 is 0 Å². The molecule has 0 spiro atoms. The van der Waals surface area contributed by atoms with E-state index in [1.54, 1.807) is 0 Å². The minimum Gasteiger partial charge on any atom is -0.256 e. The fourth-order valence-electron chi connectivity index (χ4n) is 7.43. The van der Waals surface area contributed by atoms with E-state index in [9.17, 15) is 0 Å². The Morgan fingerprint density at radius 3 is 2.27 bits per heavy atom. The van der Waals surface area contributed by atoms with Crippen molar-refractivity contribution in [3.63, 3.8) is 0 Å². The summed E-state index contributed by atoms with van der Waals surface area (Å²) in [6, 6.07) is 23.3. The summed E-state index contributed by atoms with van der Waals surface area (Å²) in [6.07, 6.45) is 22.6. The van der Waals surface area contributed by atoms with Gasteiger partial charge in [0, 0.05) is 57.2 Å². The summed E-state index contributed by atoms with van der Waals surface area (Å²) in [4.78, 5) is 19.5. The average molecular weight is 561 g/mol. The molecule has 1 atom stereocenters. The second-order valence-electron chi connectivity index (χ2n) is 11.8. The van der Waals surface area contributed by atoms with Crippen LogP contribution in [0, 0.1) is 5.92 Å². The number of allylic oxidation sites excluding steroid dienone is 14. The van der Waals surface area contributed by atoms with Crippen molar-refractivity contribution < 1.29 is 0 Å². The van der Waals surface area contributed by atoms with E-state index in [0.717, 1.165) is 61.3 Å². The van der Waals surface area contributed by atoms with Crippen LogP contribution >= 0.6 is 0 Å². The Kier molecular flexibility index (Phi) is 4.80. The third-order valence-corrected chi connectivity index (χ3v) is 9.50. The van der Waals surface area contributed by atoms with Crippen LogP contribution in [0.4, 0.5) is 0 Å². The standard InChI is InChI=1S/C40H24N4/c1-3-25-7-8-28-21-35(43-22-33(28)38(25)41-19-1)30-15-10-24-11-16-31-29(14-9-23-12-17-32(30)37(24)36(23)31)34-18-13-27-6-5-26-4-2-20-42-39(26)40(27)44-34/h1-8,10-22,37H,9H2. The molecule has 6 aromatic rings. The Morgan fingerprint density at radius 1 is 0.614 bits per heavy atom. The number of pyridine rings is 4. The van der Waals surface area contributed by atoms with E-state index >= 15 is 0 Å². The van der Waals surface area contributed by atoms with Crippen LogP contribution in [0.15, 0.2) is 156 Å². The number of fused-ring (bicyclic) bond motifs is 6. The van der Waals surface area contributed by atoms with Gasteiger partial charge in [0.2, 0.25) is 0 Å². The van der Waals surface area contributed by atoms with Crippen LogP contribution in [-0.4, -0.2) is 19.9 Å². The van der Waals surface area contributed by atoms with Crippen molar-refractivity contribution in [1.29, 1.82) is 0 Å². The molecule has 44 heavy (non-hydrogen) atoms. The second kappa shape index (κ2) is 8.88. The molecule has 2 aromatic carbocycles. The number of hydrogen-bond donors (Lipinski definition) is 0. The van der Waals surface area contributed by atoms with Crippen molar-refractivity contribution in [2.45, 2.75) is 6.42 Å². The highest BCUT2D eigenvalue weighted by Gasteiger charge is 2.37. The topological polar surface area (TPSA) is 51.6 Å².